The highest BCUT2D eigenvalue weighted by Crippen LogP contribution is 2.29. The zero-order chi connectivity index (χ0) is 18.6. The van der Waals surface area contributed by atoms with Crippen LogP contribution in [0.1, 0.15) is 24.2 Å². The van der Waals surface area contributed by atoms with Crippen LogP contribution in [-0.2, 0) is 16.0 Å². The standard InChI is InChI=1S/C19H24N4O3S/c1-25-15-5-2-4-14(12-15)13-17-20-19(27-21-17)23-7-3-6-16(23)18(24)22-8-10-26-11-9-22/h2,4-5,12,16H,3,6-11,13H2,1H3. The first-order chi connectivity index (χ1) is 13.2. The molecule has 2 fully saturated rings. The number of amides is 1. The maximum atomic E-state index is 12.9. The average Bonchev–Trinajstić information content (AvgIpc) is 3.37. The molecule has 1 unspecified atom stereocenters. The smallest absolute Gasteiger partial charge is 0.245 e. The van der Waals surface area contributed by atoms with Crippen LogP contribution in [0.4, 0.5) is 5.13 Å². The van der Waals surface area contributed by atoms with Gasteiger partial charge in [-0.05, 0) is 30.5 Å². The second-order valence-corrected chi connectivity index (χ2v) is 7.54. The lowest BCUT2D eigenvalue weighted by Gasteiger charge is -2.32. The van der Waals surface area contributed by atoms with Crippen molar-refractivity contribution in [2.75, 3.05) is 44.9 Å². The quantitative estimate of drug-likeness (QED) is 0.780. The molecule has 27 heavy (non-hydrogen) atoms. The van der Waals surface area contributed by atoms with Gasteiger partial charge < -0.3 is 19.3 Å². The molecule has 0 aliphatic carbocycles. The van der Waals surface area contributed by atoms with Crippen LogP contribution in [0, 0.1) is 0 Å². The van der Waals surface area contributed by atoms with Crippen LogP contribution < -0.4 is 9.64 Å². The topological polar surface area (TPSA) is 67.8 Å². The minimum Gasteiger partial charge on any atom is -0.497 e. The van der Waals surface area contributed by atoms with Crippen LogP contribution >= 0.6 is 11.5 Å². The van der Waals surface area contributed by atoms with Crippen molar-refractivity contribution in [1.82, 2.24) is 14.3 Å². The maximum Gasteiger partial charge on any atom is 0.245 e. The van der Waals surface area contributed by atoms with E-state index in [1.165, 1.54) is 11.5 Å². The summed E-state index contributed by atoms with van der Waals surface area (Å²) in [5.41, 5.74) is 1.11. The Morgan fingerprint density at radius 3 is 3.00 bits per heavy atom. The van der Waals surface area contributed by atoms with E-state index in [0.29, 0.717) is 32.7 Å². The molecular weight excluding hydrogens is 364 g/mol. The first kappa shape index (κ1) is 18.2. The van der Waals surface area contributed by atoms with Crippen molar-refractivity contribution >= 4 is 22.6 Å². The van der Waals surface area contributed by atoms with Crippen LogP contribution in [0.5, 0.6) is 5.75 Å². The Labute approximate surface area is 163 Å². The number of carbonyl (C=O) groups excluding carboxylic acids is 1. The molecule has 7 nitrogen and oxygen atoms in total. The molecule has 0 radical (unpaired) electrons. The lowest BCUT2D eigenvalue weighted by atomic mass is 10.1. The number of methoxy groups -OCH3 is 1. The maximum absolute atomic E-state index is 12.9. The van der Waals surface area contributed by atoms with E-state index in [4.69, 9.17) is 14.5 Å². The zero-order valence-electron chi connectivity index (χ0n) is 15.5. The Kier molecular flexibility index (Phi) is 5.54. The monoisotopic (exact) mass is 388 g/mol. The third-order valence-corrected chi connectivity index (χ3v) is 5.85. The fourth-order valence-corrected chi connectivity index (χ4v) is 4.41. The van der Waals surface area contributed by atoms with E-state index >= 15 is 0 Å². The van der Waals surface area contributed by atoms with Crippen molar-refractivity contribution in [3.8, 4) is 5.75 Å². The van der Waals surface area contributed by atoms with Gasteiger partial charge in [0.05, 0.1) is 20.3 Å². The fourth-order valence-electron chi connectivity index (χ4n) is 3.65. The van der Waals surface area contributed by atoms with E-state index < -0.39 is 0 Å². The number of ether oxygens (including phenoxy) is 2. The summed E-state index contributed by atoms with van der Waals surface area (Å²) in [6.07, 6.45) is 2.54. The summed E-state index contributed by atoms with van der Waals surface area (Å²) < 4.78 is 15.2. The van der Waals surface area contributed by atoms with Gasteiger partial charge in [-0.2, -0.15) is 4.37 Å². The first-order valence-electron chi connectivity index (χ1n) is 9.33. The van der Waals surface area contributed by atoms with Gasteiger partial charge in [0, 0.05) is 37.6 Å². The molecule has 1 aromatic carbocycles. The van der Waals surface area contributed by atoms with E-state index in [-0.39, 0.29) is 11.9 Å². The molecule has 1 amide bonds. The molecule has 3 heterocycles. The Hall–Kier alpha value is -2.19. The van der Waals surface area contributed by atoms with E-state index in [0.717, 1.165) is 41.7 Å². The van der Waals surface area contributed by atoms with Gasteiger partial charge in [0.15, 0.2) is 0 Å². The van der Waals surface area contributed by atoms with E-state index in [2.05, 4.69) is 9.27 Å². The number of anilines is 1. The number of hydrogen-bond acceptors (Lipinski definition) is 7. The fraction of sp³-hybridized carbons (Fsp3) is 0.526. The van der Waals surface area contributed by atoms with Gasteiger partial charge in [0.2, 0.25) is 11.0 Å². The molecule has 4 rings (SSSR count). The summed E-state index contributed by atoms with van der Waals surface area (Å²) in [4.78, 5) is 21.7. The van der Waals surface area contributed by atoms with Crippen molar-refractivity contribution in [1.29, 1.82) is 0 Å². The molecule has 2 aliphatic heterocycles. The Morgan fingerprint density at radius 2 is 2.19 bits per heavy atom. The number of aromatic nitrogens is 2. The molecule has 0 saturated carbocycles. The summed E-state index contributed by atoms with van der Waals surface area (Å²) in [5, 5.41) is 0.844. The molecule has 2 aliphatic rings. The predicted molar refractivity (Wildman–Crippen MR) is 103 cm³/mol. The summed E-state index contributed by atoms with van der Waals surface area (Å²) >= 11 is 1.38. The minimum absolute atomic E-state index is 0.124. The molecule has 0 N–H and O–H groups in total. The van der Waals surface area contributed by atoms with Gasteiger partial charge in [-0.1, -0.05) is 12.1 Å². The van der Waals surface area contributed by atoms with Crippen LogP contribution in [0.3, 0.4) is 0 Å². The lowest BCUT2D eigenvalue weighted by Crippen LogP contribution is -2.49. The van der Waals surface area contributed by atoms with Gasteiger partial charge in [-0.3, -0.25) is 4.79 Å². The van der Waals surface area contributed by atoms with Gasteiger partial charge in [-0.25, -0.2) is 4.98 Å². The molecule has 144 valence electrons. The minimum atomic E-state index is -0.124. The third-order valence-electron chi connectivity index (χ3n) is 5.06. The van der Waals surface area contributed by atoms with Crippen LogP contribution in [0.15, 0.2) is 24.3 Å². The summed E-state index contributed by atoms with van der Waals surface area (Å²) in [6, 6.07) is 7.82. The highest BCUT2D eigenvalue weighted by molar-refractivity contribution is 7.09. The van der Waals surface area contributed by atoms with Crippen molar-refractivity contribution in [3.05, 3.63) is 35.7 Å². The van der Waals surface area contributed by atoms with Gasteiger partial charge in [-0.15, -0.1) is 0 Å². The van der Waals surface area contributed by atoms with Gasteiger partial charge >= 0.3 is 0 Å². The van der Waals surface area contributed by atoms with Crippen LogP contribution in [0.2, 0.25) is 0 Å². The largest absolute Gasteiger partial charge is 0.497 e. The number of nitrogens with zero attached hydrogens (tertiary/aromatic N) is 4. The average molecular weight is 388 g/mol. The predicted octanol–water partition coefficient (Wildman–Crippen LogP) is 1.97. The van der Waals surface area contributed by atoms with Gasteiger partial charge in [0.1, 0.15) is 17.6 Å². The first-order valence-corrected chi connectivity index (χ1v) is 10.1. The van der Waals surface area contributed by atoms with E-state index in [1.807, 2.05) is 29.2 Å². The van der Waals surface area contributed by atoms with Crippen molar-refractivity contribution in [2.24, 2.45) is 0 Å². The second kappa shape index (κ2) is 8.22. The number of carbonyl (C=O) groups is 1. The van der Waals surface area contributed by atoms with Crippen molar-refractivity contribution in [3.63, 3.8) is 0 Å². The number of hydrogen-bond donors (Lipinski definition) is 0. The third kappa shape index (κ3) is 4.06. The van der Waals surface area contributed by atoms with E-state index in [1.54, 1.807) is 7.11 Å². The molecule has 0 spiro atoms. The number of rotatable bonds is 5. The lowest BCUT2D eigenvalue weighted by molar-refractivity contribution is -0.136. The summed E-state index contributed by atoms with van der Waals surface area (Å²) in [7, 11) is 1.66. The number of morpholine rings is 1. The molecule has 8 heteroatoms. The van der Waals surface area contributed by atoms with Gasteiger partial charge in [0.25, 0.3) is 0 Å². The van der Waals surface area contributed by atoms with Crippen molar-refractivity contribution < 1.29 is 14.3 Å². The molecular formula is C19H24N4O3S. The van der Waals surface area contributed by atoms with Crippen molar-refractivity contribution in [2.45, 2.75) is 25.3 Å². The molecule has 1 atom stereocenters. The Bertz CT molecular complexity index is 791. The van der Waals surface area contributed by atoms with Crippen LogP contribution in [0.25, 0.3) is 0 Å². The highest BCUT2D eigenvalue weighted by Gasteiger charge is 2.36. The zero-order valence-corrected chi connectivity index (χ0v) is 16.3. The summed E-state index contributed by atoms with van der Waals surface area (Å²) in [6.45, 7) is 3.47. The molecule has 1 aromatic heterocycles. The highest BCUT2D eigenvalue weighted by atomic mass is 32.1. The molecule has 2 saturated heterocycles. The summed E-state index contributed by atoms with van der Waals surface area (Å²) in [5.74, 6) is 1.81. The Morgan fingerprint density at radius 1 is 1.33 bits per heavy atom. The van der Waals surface area contributed by atoms with E-state index in [9.17, 15) is 4.79 Å². The molecule has 2 aromatic rings. The second-order valence-electron chi connectivity index (χ2n) is 6.81. The normalized spacial score (nSPS) is 20.1. The van der Waals surface area contributed by atoms with Crippen LogP contribution in [-0.4, -0.2) is 66.2 Å². The number of benzene rings is 1. The Balaban J connectivity index is 1.45. The SMILES string of the molecule is COc1cccc(Cc2nsc(N3CCCC3C(=O)N3CCOCC3)n2)c1. The molecule has 0 bridgehead atoms.